The molecule has 2 aromatic heterocycles. The predicted octanol–water partition coefficient (Wildman–Crippen LogP) is 3.06. The van der Waals surface area contributed by atoms with Crippen molar-refractivity contribution in [3.05, 3.63) is 30.2 Å². The van der Waals surface area contributed by atoms with Crippen LogP contribution in [0.15, 0.2) is 24.7 Å². The topological polar surface area (TPSA) is 115 Å². The van der Waals surface area contributed by atoms with E-state index < -0.39 is 0 Å². The lowest BCUT2D eigenvalue weighted by Crippen LogP contribution is -2.19. The number of anilines is 3. The van der Waals surface area contributed by atoms with Gasteiger partial charge in [-0.15, -0.1) is 0 Å². The summed E-state index contributed by atoms with van der Waals surface area (Å²) in [6.07, 6.45) is 10.4. The van der Waals surface area contributed by atoms with Crippen LogP contribution in [0.2, 0.25) is 0 Å². The fourth-order valence-electron chi connectivity index (χ4n) is 2.99. The Bertz CT molecular complexity index is 815. The van der Waals surface area contributed by atoms with Crippen molar-refractivity contribution in [2.24, 2.45) is 0 Å². The van der Waals surface area contributed by atoms with E-state index in [0.717, 1.165) is 43.7 Å². The fraction of sp³-hybridized carbons (Fsp3) is 0.444. The highest BCUT2D eigenvalue weighted by atomic mass is 16.5. The van der Waals surface area contributed by atoms with E-state index in [9.17, 15) is 0 Å². The van der Waals surface area contributed by atoms with Crippen molar-refractivity contribution in [2.75, 3.05) is 24.3 Å². The standard InChI is InChI=1S/C18H23N7O/c1-2-3-13(4-7-19)16-11-21-18(24-17(16)20)23-14-10-22-25(12-14)15-5-8-26-9-6-15/h3,10-12,15H,2,4-6,8-9H2,1H3,(H3,20,21,23,24)/b13-3+. The van der Waals surface area contributed by atoms with Crippen LogP contribution in [0.25, 0.3) is 5.57 Å². The van der Waals surface area contributed by atoms with Gasteiger partial charge in [0.15, 0.2) is 0 Å². The lowest BCUT2D eigenvalue weighted by atomic mass is 10.0. The van der Waals surface area contributed by atoms with E-state index in [1.807, 2.05) is 23.9 Å². The number of ether oxygens (including phenoxy) is 1. The Morgan fingerprint density at radius 1 is 1.46 bits per heavy atom. The van der Waals surface area contributed by atoms with Gasteiger partial charge >= 0.3 is 0 Å². The normalized spacial score (nSPS) is 15.6. The molecule has 0 aliphatic carbocycles. The molecule has 0 saturated carbocycles. The van der Waals surface area contributed by atoms with Gasteiger partial charge < -0.3 is 15.8 Å². The Morgan fingerprint density at radius 3 is 2.96 bits per heavy atom. The smallest absolute Gasteiger partial charge is 0.229 e. The zero-order valence-electron chi connectivity index (χ0n) is 14.9. The van der Waals surface area contributed by atoms with Crippen LogP contribution in [-0.2, 0) is 4.74 Å². The minimum atomic E-state index is 0.284. The van der Waals surface area contributed by atoms with Gasteiger partial charge in [0.05, 0.1) is 30.4 Å². The molecule has 3 heterocycles. The number of nitrogens with zero attached hydrogens (tertiary/aromatic N) is 5. The van der Waals surface area contributed by atoms with Crippen LogP contribution in [0.1, 0.15) is 44.2 Å². The van der Waals surface area contributed by atoms with Gasteiger partial charge in [-0.25, -0.2) is 4.98 Å². The highest BCUT2D eigenvalue weighted by molar-refractivity contribution is 5.74. The van der Waals surface area contributed by atoms with Crippen molar-refractivity contribution in [1.29, 1.82) is 5.26 Å². The second-order valence-electron chi connectivity index (χ2n) is 6.14. The van der Waals surface area contributed by atoms with E-state index in [0.29, 0.717) is 23.4 Å². The maximum absolute atomic E-state index is 8.97. The first-order valence-corrected chi connectivity index (χ1v) is 8.79. The summed E-state index contributed by atoms with van der Waals surface area (Å²) in [6, 6.07) is 2.51. The summed E-state index contributed by atoms with van der Waals surface area (Å²) in [5, 5.41) is 16.5. The number of rotatable bonds is 6. The molecule has 0 unspecified atom stereocenters. The highest BCUT2D eigenvalue weighted by Crippen LogP contribution is 2.25. The summed E-state index contributed by atoms with van der Waals surface area (Å²) in [5.41, 5.74) is 8.45. The Labute approximate surface area is 152 Å². The van der Waals surface area contributed by atoms with Crippen molar-refractivity contribution in [1.82, 2.24) is 19.7 Å². The number of nitrogens with two attached hydrogens (primary N) is 1. The molecule has 0 atom stereocenters. The molecule has 136 valence electrons. The van der Waals surface area contributed by atoms with E-state index in [4.69, 9.17) is 15.7 Å². The van der Waals surface area contributed by atoms with E-state index in [-0.39, 0.29) is 6.42 Å². The van der Waals surface area contributed by atoms with Gasteiger partial charge in [-0.3, -0.25) is 4.68 Å². The number of hydrogen-bond acceptors (Lipinski definition) is 7. The molecule has 0 aromatic carbocycles. The Morgan fingerprint density at radius 2 is 2.27 bits per heavy atom. The molecule has 3 rings (SSSR count). The molecule has 8 heteroatoms. The van der Waals surface area contributed by atoms with Crippen molar-refractivity contribution in [3.8, 4) is 6.07 Å². The summed E-state index contributed by atoms with van der Waals surface area (Å²) >= 11 is 0. The molecule has 3 N–H and O–H groups in total. The van der Waals surface area contributed by atoms with Crippen LogP contribution in [0.4, 0.5) is 17.5 Å². The number of nitriles is 1. The summed E-state index contributed by atoms with van der Waals surface area (Å²) in [4.78, 5) is 8.66. The minimum Gasteiger partial charge on any atom is -0.383 e. The van der Waals surface area contributed by atoms with Crippen LogP contribution in [0.5, 0.6) is 0 Å². The Hall–Kier alpha value is -2.92. The third-order valence-corrected chi connectivity index (χ3v) is 4.31. The average Bonchev–Trinajstić information content (AvgIpc) is 3.11. The van der Waals surface area contributed by atoms with Gasteiger partial charge in [-0.2, -0.15) is 15.3 Å². The van der Waals surface area contributed by atoms with Crippen LogP contribution in [-0.4, -0.2) is 33.0 Å². The molecule has 0 amide bonds. The molecule has 0 radical (unpaired) electrons. The monoisotopic (exact) mass is 353 g/mol. The van der Waals surface area contributed by atoms with Gasteiger partial charge in [0.2, 0.25) is 5.95 Å². The molecule has 1 saturated heterocycles. The maximum atomic E-state index is 8.97. The maximum Gasteiger partial charge on any atom is 0.229 e. The molecule has 0 bridgehead atoms. The van der Waals surface area contributed by atoms with Crippen LogP contribution < -0.4 is 11.1 Å². The summed E-state index contributed by atoms with van der Waals surface area (Å²) in [5.74, 6) is 0.764. The molecule has 1 aliphatic heterocycles. The van der Waals surface area contributed by atoms with E-state index in [2.05, 4.69) is 26.5 Å². The number of hydrogen-bond donors (Lipinski definition) is 2. The fourth-order valence-corrected chi connectivity index (χ4v) is 2.99. The Kier molecular flexibility index (Phi) is 5.81. The van der Waals surface area contributed by atoms with E-state index >= 15 is 0 Å². The van der Waals surface area contributed by atoms with Crippen LogP contribution >= 0.6 is 0 Å². The number of nitrogens with one attached hydrogen (secondary N) is 1. The van der Waals surface area contributed by atoms with Crippen molar-refractivity contribution in [3.63, 3.8) is 0 Å². The van der Waals surface area contributed by atoms with Gasteiger partial charge in [0.25, 0.3) is 0 Å². The molecule has 1 fully saturated rings. The number of nitrogen functional groups attached to an aromatic ring is 1. The van der Waals surface area contributed by atoms with Gasteiger partial charge in [0, 0.05) is 31.2 Å². The summed E-state index contributed by atoms with van der Waals surface area (Å²) in [6.45, 7) is 3.55. The predicted molar refractivity (Wildman–Crippen MR) is 99.5 cm³/mol. The number of allylic oxidation sites excluding steroid dienone is 2. The van der Waals surface area contributed by atoms with Crippen LogP contribution in [0.3, 0.4) is 0 Å². The quantitative estimate of drug-likeness (QED) is 0.820. The number of aromatic nitrogens is 4. The Balaban J connectivity index is 1.73. The first-order chi connectivity index (χ1) is 12.7. The molecule has 2 aromatic rings. The second kappa shape index (κ2) is 8.45. The molecular formula is C18H23N7O. The summed E-state index contributed by atoms with van der Waals surface area (Å²) in [7, 11) is 0. The third kappa shape index (κ3) is 4.18. The van der Waals surface area contributed by atoms with Crippen molar-refractivity contribution < 1.29 is 4.74 Å². The van der Waals surface area contributed by atoms with Crippen molar-refractivity contribution in [2.45, 2.75) is 38.6 Å². The van der Waals surface area contributed by atoms with Crippen LogP contribution in [0, 0.1) is 11.3 Å². The van der Waals surface area contributed by atoms with Crippen molar-refractivity contribution >= 4 is 23.0 Å². The van der Waals surface area contributed by atoms with Gasteiger partial charge in [-0.05, 0) is 24.8 Å². The molecule has 26 heavy (non-hydrogen) atoms. The molecular weight excluding hydrogens is 330 g/mol. The SMILES string of the molecule is CC/C=C(\CC#N)c1cnc(Nc2cnn(C3CCOCC3)c2)nc1N. The molecule has 1 aliphatic rings. The highest BCUT2D eigenvalue weighted by Gasteiger charge is 2.17. The zero-order valence-corrected chi connectivity index (χ0v) is 14.9. The van der Waals surface area contributed by atoms with Gasteiger partial charge in [0.1, 0.15) is 5.82 Å². The molecule has 0 spiro atoms. The lowest BCUT2D eigenvalue weighted by Gasteiger charge is -2.22. The first kappa shape index (κ1) is 17.9. The van der Waals surface area contributed by atoms with Gasteiger partial charge in [-0.1, -0.05) is 13.0 Å². The minimum absolute atomic E-state index is 0.284. The zero-order chi connectivity index (χ0) is 18.4. The average molecular weight is 353 g/mol. The lowest BCUT2D eigenvalue weighted by molar-refractivity contribution is 0.0662. The van der Waals surface area contributed by atoms with E-state index in [1.54, 1.807) is 12.4 Å². The third-order valence-electron chi connectivity index (χ3n) is 4.31. The molecule has 8 nitrogen and oxygen atoms in total. The summed E-state index contributed by atoms with van der Waals surface area (Å²) < 4.78 is 7.34. The first-order valence-electron chi connectivity index (χ1n) is 8.79. The largest absolute Gasteiger partial charge is 0.383 e. The second-order valence-corrected chi connectivity index (χ2v) is 6.14. The van der Waals surface area contributed by atoms with E-state index in [1.165, 1.54) is 0 Å².